The van der Waals surface area contributed by atoms with Gasteiger partial charge in [-0.1, -0.05) is 36.4 Å². The first-order valence-electron chi connectivity index (χ1n) is 7.32. The number of carbonyl (C=O) groups excluding carboxylic acids is 1. The number of aromatic nitrogens is 1. The van der Waals surface area contributed by atoms with Crippen molar-refractivity contribution in [1.82, 2.24) is 4.98 Å². The first kappa shape index (κ1) is 15.2. The van der Waals surface area contributed by atoms with Gasteiger partial charge >= 0.3 is 0 Å². The second kappa shape index (κ2) is 7.07. The number of benzene rings is 2. The van der Waals surface area contributed by atoms with Crippen LogP contribution in [0.15, 0.2) is 60.0 Å². The van der Waals surface area contributed by atoms with Crippen molar-refractivity contribution in [2.75, 3.05) is 10.6 Å². The van der Waals surface area contributed by atoms with Gasteiger partial charge in [-0.05, 0) is 30.7 Å². The van der Waals surface area contributed by atoms with Crippen LogP contribution in [0, 0.1) is 6.92 Å². The zero-order valence-electron chi connectivity index (χ0n) is 12.7. The van der Waals surface area contributed by atoms with Gasteiger partial charge in [-0.2, -0.15) is 0 Å². The smallest absolute Gasteiger partial charge is 0.230 e. The summed E-state index contributed by atoms with van der Waals surface area (Å²) in [5, 5.41) is 8.85. The van der Waals surface area contributed by atoms with Gasteiger partial charge in [0.25, 0.3) is 0 Å². The zero-order chi connectivity index (χ0) is 16.1. The van der Waals surface area contributed by atoms with Crippen molar-refractivity contribution in [3.63, 3.8) is 0 Å². The quantitative estimate of drug-likeness (QED) is 0.733. The number of hydrogen-bond acceptors (Lipinski definition) is 4. The maximum atomic E-state index is 12.1. The molecule has 23 heavy (non-hydrogen) atoms. The van der Waals surface area contributed by atoms with Crippen molar-refractivity contribution >= 4 is 33.8 Å². The Balaban J connectivity index is 1.60. The molecule has 0 saturated heterocycles. The molecule has 2 aromatic carbocycles. The van der Waals surface area contributed by atoms with E-state index in [0.717, 1.165) is 27.8 Å². The maximum absolute atomic E-state index is 12.1. The molecule has 0 atom stereocenters. The summed E-state index contributed by atoms with van der Waals surface area (Å²) in [7, 11) is 0. The molecule has 0 fully saturated rings. The third kappa shape index (κ3) is 4.17. The third-order valence-corrected chi connectivity index (χ3v) is 4.14. The van der Waals surface area contributed by atoms with E-state index in [4.69, 9.17) is 0 Å². The van der Waals surface area contributed by atoms with E-state index in [2.05, 4.69) is 15.6 Å². The predicted octanol–water partition coefficient (Wildman–Crippen LogP) is 4.38. The number of nitrogens with one attached hydrogen (secondary N) is 2. The van der Waals surface area contributed by atoms with Gasteiger partial charge in [0.15, 0.2) is 5.13 Å². The minimum atomic E-state index is -0.0594. The Hall–Kier alpha value is -2.66. The van der Waals surface area contributed by atoms with Gasteiger partial charge in [-0.15, -0.1) is 11.3 Å². The molecule has 4 nitrogen and oxygen atoms in total. The first-order valence-corrected chi connectivity index (χ1v) is 8.20. The van der Waals surface area contributed by atoms with Crippen molar-refractivity contribution in [3.05, 3.63) is 71.2 Å². The van der Waals surface area contributed by atoms with Crippen molar-refractivity contribution in [2.24, 2.45) is 0 Å². The van der Waals surface area contributed by atoms with E-state index < -0.39 is 0 Å². The fourth-order valence-corrected chi connectivity index (χ4v) is 2.89. The van der Waals surface area contributed by atoms with Gasteiger partial charge in [0.2, 0.25) is 5.91 Å². The lowest BCUT2D eigenvalue weighted by molar-refractivity contribution is -0.115. The molecule has 0 bridgehead atoms. The van der Waals surface area contributed by atoms with Crippen molar-refractivity contribution in [2.45, 2.75) is 13.3 Å². The molecule has 5 heteroatoms. The van der Waals surface area contributed by atoms with Crippen LogP contribution in [0.25, 0.3) is 0 Å². The SMILES string of the molecule is Cc1ccccc1NC(=O)Cc1csc(Nc2ccccc2)n1. The molecule has 3 aromatic rings. The Bertz CT molecular complexity index is 799. The number of carbonyl (C=O) groups is 1. The second-order valence-corrected chi connectivity index (χ2v) is 6.03. The minimum Gasteiger partial charge on any atom is -0.332 e. The molecule has 0 radical (unpaired) electrons. The van der Waals surface area contributed by atoms with Crippen LogP contribution < -0.4 is 10.6 Å². The second-order valence-electron chi connectivity index (χ2n) is 5.17. The Morgan fingerprint density at radius 2 is 1.83 bits per heavy atom. The Morgan fingerprint density at radius 3 is 2.61 bits per heavy atom. The molecule has 3 rings (SSSR count). The summed E-state index contributed by atoms with van der Waals surface area (Å²) in [6, 6.07) is 17.6. The van der Waals surface area contributed by atoms with Gasteiger partial charge in [0, 0.05) is 16.8 Å². The van der Waals surface area contributed by atoms with E-state index in [1.807, 2.05) is 66.9 Å². The number of hydrogen-bond donors (Lipinski definition) is 2. The topological polar surface area (TPSA) is 54.0 Å². The average Bonchev–Trinajstić information content (AvgIpc) is 2.97. The molecule has 0 aliphatic carbocycles. The number of nitrogens with zero attached hydrogens (tertiary/aromatic N) is 1. The average molecular weight is 323 g/mol. The van der Waals surface area contributed by atoms with Crippen molar-refractivity contribution < 1.29 is 4.79 Å². The highest BCUT2D eigenvalue weighted by Crippen LogP contribution is 2.21. The minimum absolute atomic E-state index is 0.0594. The Labute approximate surface area is 139 Å². The molecule has 116 valence electrons. The number of amides is 1. The summed E-state index contributed by atoms with van der Waals surface area (Å²) >= 11 is 1.49. The lowest BCUT2D eigenvalue weighted by atomic mass is 10.2. The number of aryl methyl sites for hydroxylation is 1. The highest BCUT2D eigenvalue weighted by atomic mass is 32.1. The fourth-order valence-electron chi connectivity index (χ4n) is 2.16. The van der Waals surface area contributed by atoms with E-state index in [1.165, 1.54) is 11.3 Å². The molecule has 1 amide bonds. The van der Waals surface area contributed by atoms with Crippen LogP contribution in [0.2, 0.25) is 0 Å². The first-order chi connectivity index (χ1) is 11.2. The van der Waals surface area contributed by atoms with E-state index in [0.29, 0.717) is 0 Å². The summed E-state index contributed by atoms with van der Waals surface area (Å²) in [6.07, 6.45) is 0.265. The molecule has 0 spiro atoms. The van der Waals surface area contributed by atoms with E-state index in [9.17, 15) is 4.79 Å². The molecule has 0 unspecified atom stereocenters. The maximum Gasteiger partial charge on any atom is 0.230 e. The molecule has 0 aliphatic heterocycles. The van der Waals surface area contributed by atoms with Crippen molar-refractivity contribution in [1.29, 1.82) is 0 Å². The van der Waals surface area contributed by atoms with Crippen LogP contribution in [0.1, 0.15) is 11.3 Å². The van der Waals surface area contributed by atoms with Gasteiger partial charge < -0.3 is 10.6 Å². The summed E-state index contributed by atoms with van der Waals surface area (Å²) in [5.74, 6) is -0.0594. The molecule has 1 aromatic heterocycles. The van der Waals surface area contributed by atoms with Crippen LogP contribution in [0.5, 0.6) is 0 Å². The van der Waals surface area contributed by atoms with Gasteiger partial charge in [-0.25, -0.2) is 4.98 Å². The molecular weight excluding hydrogens is 306 g/mol. The lowest BCUT2D eigenvalue weighted by Gasteiger charge is -2.06. The van der Waals surface area contributed by atoms with E-state index in [1.54, 1.807) is 0 Å². The monoisotopic (exact) mass is 323 g/mol. The molecular formula is C18H17N3OS. The normalized spacial score (nSPS) is 10.3. The standard InChI is InChI=1S/C18H17N3OS/c1-13-7-5-6-10-16(13)21-17(22)11-15-12-23-18(20-15)19-14-8-3-2-4-9-14/h2-10,12H,11H2,1H3,(H,19,20)(H,21,22). The largest absolute Gasteiger partial charge is 0.332 e. The molecule has 0 aliphatic rings. The summed E-state index contributed by atoms with van der Waals surface area (Å²) in [4.78, 5) is 16.6. The number of para-hydroxylation sites is 2. The van der Waals surface area contributed by atoms with Gasteiger partial charge in [-0.3, -0.25) is 4.79 Å². The van der Waals surface area contributed by atoms with Crippen LogP contribution in [0.4, 0.5) is 16.5 Å². The van der Waals surface area contributed by atoms with Gasteiger partial charge in [0.1, 0.15) is 0 Å². The fraction of sp³-hybridized carbons (Fsp3) is 0.111. The highest BCUT2D eigenvalue weighted by Gasteiger charge is 2.09. The Morgan fingerprint density at radius 1 is 1.09 bits per heavy atom. The molecule has 2 N–H and O–H groups in total. The number of anilines is 3. The highest BCUT2D eigenvalue weighted by molar-refractivity contribution is 7.13. The van der Waals surface area contributed by atoms with Gasteiger partial charge in [0.05, 0.1) is 12.1 Å². The van der Waals surface area contributed by atoms with Crippen molar-refractivity contribution in [3.8, 4) is 0 Å². The van der Waals surface area contributed by atoms with Crippen LogP contribution in [-0.4, -0.2) is 10.9 Å². The zero-order valence-corrected chi connectivity index (χ0v) is 13.6. The van der Waals surface area contributed by atoms with E-state index in [-0.39, 0.29) is 12.3 Å². The lowest BCUT2D eigenvalue weighted by Crippen LogP contribution is -2.15. The molecule has 1 heterocycles. The molecule has 0 saturated carbocycles. The number of thiazole rings is 1. The van der Waals surface area contributed by atoms with E-state index >= 15 is 0 Å². The summed E-state index contributed by atoms with van der Waals surface area (Å²) < 4.78 is 0. The summed E-state index contributed by atoms with van der Waals surface area (Å²) in [6.45, 7) is 1.97. The number of rotatable bonds is 5. The van der Waals surface area contributed by atoms with Crippen LogP contribution >= 0.6 is 11.3 Å². The van der Waals surface area contributed by atoms with Crippen LogP contribution in [-0.2, 0) is 11.2 Å². The summed E-state index contributed by atoms with van der Waals surface area (Å²) in [5.41, 5.74) is 3.64. The van der Waals surface area contributed by atoms with Crippen LogP contribution in [0.3, 0.4) is 0 Å². The third-order valence-electron chi connectivity index (χ3n) is 3.34. The predicted molar refractivity (Wildman–Crippen MR) is 95.4 cm³/mol. The Kier molecular flexibility index (Phi) is 4.68.